The molecular formula is C20H16F2N4O5. The summed E-state index contributed by atoms with van der Waals surface area (Å²) < 4.78 is 36.5. The normalized spacial score (nSPS) is 13.7. The van der Waals surface area contributed by atoms with E-state index >= 15 is 0 Å². The minimum Gasteiger partial charge on any atom is -0.395 e. The molecule has 0 spiro atoms. The Morgan fingerprint density at radius 3 is 2.74 bits per heavy atom. The molecule has 0 aliphatic carbocycles. The van der Waals surface area contributed by atoms with E-state index in [0.29, 0.717) is 28.9 Å². The summed E-state index contributed by atoms with van der Waals surface area (Å²) in [4.78, 5) is 27.7. The average Bonchev–Trinajstić information content (AvgIpc) is 3.04. The van der Waals surface area contributed by atoms with Crippen LogP contribution in [0.3, 0.4) is 0 Å². The number of rotatable bonds is 6. The first-order chi connectivity index (χ1) is 14.8. The van der Waals surface area contributed by atoms with E-state index < -0.39 is 11.9 Å². The van der Waals surface area contributed by atoms with Crippen molar-refractivity contribution < 1.29 is 28.2 Å². The molecule has 0 saturated heterocycles. The standard InChI is InChI=1S/C20H16F2N4O5/c1-26-8-15(12-3-2-4-14(23-10-28)13(12)9-27)25-18(19(26)29)24-11-5-6-16-17(7-11)31-20(21,22)30-16/h2-8,10,27H,9H2,1H3,(H,23,28)(H,24,25). The predicted molar refractivity (Wildman–Crippen MR) is 106 cm³/mol. The minimum absolute atomic E-state index is 0.0803. The zero-order valence-electron chi connectivity index (χ0n) is 16.1. The van der Waals surface area contributed by atoms with Gasteiger partial charge in [-0.05, 0) is 18.2 Å². The van der Waals surface area contributed by atoms with Crippen LogP contribution >= 0.6 is 0 Å². The van der Waals surface area contributed by atoms with E-state index in [1.807, 2.05) is 0 Å². The lowest BCUT2D eigenvalue weighted by Crippen LogP contribution is -2.25. The number of halogens is 2. The largest absolute Gasteiger partial charge is 0.586 e. The molecule has 2 aromatic carbocycles. The first kappa shape index (κ1) is 20.3. The van der Waals surface area contributed by atoms with E-state index in [1.54, 1.807) is 18.2 Å². The van der Waals surface area contributed by atoms with Crippen LogP contribution in [-0.2, 0) is 18.4 Å². The number of carbonyl (C=O) groups is 1. The second-order valence-electron chi connectivity index (χ2n) is 6.60. The number of fused-ring (bicyclic) bond motifs is 1. The molecule has 160 valence electrons. The summed E-state index contributed by atoms with van der Waals surface area (Å²) in [5, 5.41) is 15.1. The molecule has 31 heavy (non-hydrogen) atoms. The third kappa shape index (κ3) is 3.90. The molecule has 2 heterocycles. The van der Waals surface area contributed by atoms with Crippen LogP contribution in [-0.4, -0.2) is 27.4 Å². The summed E-state index contributed by atoms with van der Waals surface area (Å²) in [6.07, 6.45) is -1.79. The molecule has 4 rings (SSSR count). The van der Waals surface area contributed by atoms with Gasteiger partial charge in [-0.1, -0.05) is 12.1 Å². The van der Waals surface area contributed by atoms with E-state index in [0.717, 1.165) is 0 Å². The zero-order chi connectivity index (χ0) is 22.2. The van der Waals surface area contributed by atoms with Crippen LogP contribution in [0.25, 0.3) is 11.3 Å². The van der Waals surface area contributed by atoms with E-state index in [9.17, 15) is 23.5 Å². The maximum atomic E-state index is 13.2. The molecule has 11 heteroatoms. The molecule has 1 aliphatic heterocycles. The Hall–Kier alpha value is -3.99. The van der Waals surface area contributed by atoms with E-state index in [1.165, 1.54) is 36.0 Å². The maximum absolute atomic E-state index is 13.2. The number of aromatic nitrogens is 2. The van der Waals surface area contributed by atoms with E-state index in [4.69, 9.17) is 0 Å². The molecule has 0 radical (unpaired) electrons. The molecule has 0 fully saturated rings. The summed E-state index contributed by atoms with van der Waals surface area (Å²) in [6.45, 7) is -0.379. The second kappa shape index (κ2) is 7.69. The summed E-state index contributed by atoms with van der Waals surface area (Å²) in [6, 6.07) is 8.94. The van der Waals surface area contributed by atoms with Crippen LogP contribution in [0.4, 0.5) is 26.0 Å². The minimum atomic E-state index is -3.75. The van der Waals surface area contributed by atoms with Crippen molar-refractivity contribution in [3.8, 4) is 22.8 Å². The Balaban J connectivity index is 1.73. The molecule has 9 nitrogen and oxygen atoms in total. The number of anilines is 3. The third-order valence-corrected chi connectivity index (χ3v) is 4.56. The molecule has 1 aliphatic rings. The van der Waals surface area contributed by atoms with Crippen molar-refractivity contribution in [1.82, 2.24) is 9.55 Å². The molecule has 3 aromatic rings. The maximum Gasteiger partial charge on any atom is 0.586 e. The summed E-state index contributed by atoms with van der Waals surface area (Å²) in [5.74, 6) is -0.390. The number of aliphatic hydroxyl groups excluding tert-OH is 1. The lowest BCUT2D eigenvalue weighted by atomic mass is 10.0. The number of alkyl halides is 2. The van der Waals surface area contributed by atoms with E-state index in [2.05, 4.69) is 25.1 Å². The Morgan fingerprint density at radius 2 is 2.00 bits per heavy atom. The van der Waals surface area contributed by atoms with Crippen LogP contribution in [0.2, 0.25) is 0 Å². The summed E-state index contributed by atoms with van der Waals surface area (Å²) in [7, 11) is 1.52. The fourth-order valence-electron chi connectivity index (χ4n) is 3.18. The molecule has 0 saturated carbocycles. The monoisotopic (exact) mass is 430 g/mol. The fraction of sp³-hybridized carbons (Fsp3) is 0.150. The second-order valence-corrected chi connectivity index (χ2v) is 6.60. The molecular weight excluding hydrogens is 414 g/mol. The van der Waals surface area contributed by atoms with Crippen LogP contribution < -0.4 is 25.7 Å². The number of nitrogens with zero attached hydrogens (tertiary/aromatic N) is 2. The number of aryl methyl sites for hydroxylation is 1. The van der Waals surface area contributed by atoms with Crippen LogP contribution in [0, 0.1) is 0 Å². The highest BCUT2D eigenvalue weighted by Gasteiger charge is 2.43. The Morgan fingerprint density at radius 1 is 1.23 bits per heavy atom. The van der Waals surface area contributed by atoms with Gasteiger partial charge >= 0.3 is 6.29 Å². The number of hydrogen-bond donors (Lipinski definition) is 3. The van der Waals surface area contributed by atoms with Gasteiger partial charge in [0, 0.05) is 41.8 Å². The van der Waals surface area contributed by atoms with Crippen molar-refractivity contribution in [2.24, 2.45) is 7.05 Å². The van der Waals surface area contributed by atoms with Gasteiger partial charge in [-0.3, -0.25) is 9.59 Å². The van der Waals surface area contributed by atoms with Crippen molar-refractivity contribution in [3.05, 3.63) is 58.5 Å². The number of ether oxygens (including phenoxy) is 2. The number of aliphatic hydroxyl groups is 1. The van der Waals surface area contributed by atoms with Gasteiger partial charge in [-0.25, -0.2) is 4.98 Å². The molecule has 0 unspecified atom stereocenters. The number of amides is 1. The van der Waals surface area contributed by atoms with E-state index in [-0.39, 0.29) is 29.6 Å². The predicted octanol–water partition coefficient (Wildman–Crippen LogP) is 2.57. The van der Waals surface area contributed by atoms with Crippen molar-refractivity contribution in [2.75, 3.05) is 10.6 Å². The van der Waals surface area contributed by atoms with Crippen molar-refractivity contribution in [1.29, 1.82) is 0 Å². The van der Waals surface area contributed by atoms with Crippen molar-refractivity contribution in [3.63, 3.8) is 0 Å². The number of nitrogens with one attached hydrogen (secondary N) is 2. The highest BCUT2D eigenvalue weighted by molar-refractivity contribution is 5.79. The smallest absolute Gasteiger partial charge is 0.395 e. The van der Waals surface area contributed by atoms with Gasteiger partial charge in [0.05, 0.1) is 12.3 Å². The molecule has 3 N–H and O–H groups in total. The SMILES string of the molecule is Cn1cc(-c2cccc(NC=O)c2CO)nc(Nc2ccc3c(c2)OC(F)(F)O3)c1=O. The van der Waals surface area contributed by atoms with Crippen LogP contribution in [0.5, 0.6) is 11.5 Å². The van der Waals surface area contributed by atoms with Gasteiger partial charge < -0.3 is 29.8 Å². The first-order valence-corrected chi connectivity index (χ1v) is 8.99. The van der Waals surface area contributed by atoms with Crippen LogP contribution in [0.15, 0.2) is 47.4 Å². The van der Waals surface area contributed by atoms with Gasteiger partial charge in [0.15, 0.2) is 17.3 Å². The quantitative estimate of drug-likeness (QED) is 0.515. The Kier molecular flexibility index (Phi) is 5.03. The molecule has 0 bridgehead atoms. The Bertz CT molecular complexity index is 1230. The third-order valence-electron chi connectivity index (χ3n) is 4.56. The van der Waals surface area contributed by atoms with Gasteiger partial charge in [0.25, 0.3) is 5.56 Å². The first-order valence-electron chi connectivity index (χ1n) is 8.99. The lowest BCUT2D eigenvalue weighted by molar-refractivity contribution is -0.286. The number of carbonyl (C=O) groups excluding carboxylic acids is 1. The number of hydrogen-bond acceptors (Lipinski definition) is 7. The number of benzene rings is 2. The molecule has 1 amide bonds. The zero-order valence-corrected chi connectivity index (χ0v) is 16.1. The highest BCUT2D eigenvalue weighted by Crippen LogP contribution is 2.42. The molecule has 0 atom stereocenters. The fourth-order valence-corrected chi connectivity index (χ4v) is 3.18. The average molecular weight is 430 g/mol. The Labute approximate surface area is 173 Å². The van der Waals surface area contributed by atoms with Gasteiger partial charge in [0.2, 0.25) is 6.41 Å². The highest BCUT2D eigenvalue weighted by atomic mass is 19.3. The summed E-state index contributed by atoms with van der Waals surface area (Å²) in [5.41, 5.74) is 1.46. The summed E-state index contributed by atoms with van der Waals surface area (Å²) >= 11 is 0. The lowest BCUT2D eigenvalue weighted by Gasteiger charge is -2.14. The van der Waals surface area contributed by atoms with Crippen LogP contribution in [0.1, 0.15) is 5.56 Å². The van der Waals surface area contributed by atoms with Gasteiger partial charge in [-0.2, -0.15) is 0 Å². The van der Waals surface area contributed by atoms with Gasteiger partial charge in [-0.15, -0.1) is 8.78 Å². The van der Waals surface area contributed by atoms with Crippen molar-refractivity contribution in [2.45, 2.75) is 12.9 Å². The van der Waals surface area contributed by atoms with Crippen molar-refractivity contribution >= 4 is 23.6 Å². The molecule has 1 aromatic heterocycles. The van der Waals surface area contributed by atoms with Gasteiger partial charge in [0.1, 0.15) is 0 Å². The topological polar surface area (TPSA) is 115 Å².